The lowest BCUT2D eigenvalue weighted by atomic mass is 9.86. The second-order valence-corrected chi connectivity index (χ2v) is 7.26. The van der Waals surface area contributed by atoms with Crippen molar-refractivity contribution in [2.75, 3.05) is 11.9 Å². The Balaban J connectivity index is 1.60. The van der Waals surface area contributed by atoms with Crippen LogP contribution in [0.3, 0.4) is 0 Å². The standard InChI is InChI=1S/C20H21F3N4O/c21-20(22,23)15-3-1-2-14(10-15)17-11-24-19-9-8-18(26-27(17)19)25-16-6-4-13(12-28)5-7-16/h1-3,8-11,13,16,28H,4-7,12H2,(H,25,26). The first-order valence-electron chi connectivity index (χ1n) is 9.34. The largest absolute Gasteiger partial charge is 0.416 e. The molecule has 0 aliphatic heterocycles. The molecule has 8 heteroatoms. The molecule has 3 aromatic rings. The Kier molecular flexibility index (Phi) is 4.97. The SMILES string of the molecule is OCC1CCC(Nc2ccc3ncc(-c4cccc(C(F)(F)F)c4)n3n2)CC1. The van der Waals surface area contributed by atoms with Crippen LogP contribution in [0.4, 0.5) is 19.0 Å². The predicted octanol–water partition coefficient (Wildman–Crippen LogP) is 4.38. The Morgan fingerprint density at radius 1 is 1.11 bits per heavy atom. The van der Waals surface area contributed by atoms with Crippen molar-refractivity contribution in [1.82, 2.24) is 14.6 Å². The van der Waals surface area contributed by atoms with E-state index < -0.39 is 11.7 Å². The Morgan fingerprint density at radius 3 is 2.61 bits per heavy atom. The molecule has 2 N–H and O–H groups in total. The molecule has 1 fully saturated rings. The predicted molar refractivity (Wildman–Crippen MR) is 99.9 cm³/mol. The van der Waals surface area contributed by atoms with E-state index in [2.05, 4.69) is 15.4 Å². The van der Waals surface area contributed by atoms with Crippen molar-refractivity contribution < 1.29 is 18.3 Å². The Morgan fingerprint density at radius 2 is 1.89 bits per heavy atom. The summed E-state index contributed by atoms with van der Waals surface area (Å²) >= 11 is 0. The summed E-state index contributed by atoms with van der Waals surface area (Å²) in [7, 11) is 0. The van der Waals surface area contributed by atoms with Crippen LogP contribution in [0.15, 0.2) is 42.6 Å². The molecular weight excluding hydrogens is 369 g/mol. The normalized spacial score (nSPS) is 20.4. The zero-order valence-electron chi connectivity index (χ0n) is 15.2. The number of alkyl halides is 3. The molecule has 2 heterocycles. The highest BCUT2D eigenvalue weighted by Crippen LogP contribution is 2.32. The number of nitrogens with zero attached hydrogens (tertiary/aromatic N) is 3. The Hall–Kier alpha value is -2.61. The van der Waals surface area contributed by atoms with E-state index in [4.69, 9.17) is 0 Å². The summed E-state index contributed by atoms with van der Waals surface area (Å²) in [6, 6.07) is 9.07. The summed E-state index contributed by atoms with van der Waals surface area (Å²) in [5.74, 6) is 1.03. The van der Waals surface area contributed by atoms with Crippen molar-refractivity contribution in [2.24, 2.45) is 5.92 Å². The molecule has 0 amide bonds. The number of aliphatic hydroxyl groups excluding tert-OH is 1. The van der Waals surface area contributed by atoms with Crippen molar-refractivity contribution in [1.29, 1.82) is 0 Å². The van der Waals surface area contributed by atoms with Gasteiger partial charge in [-0.15, -0.1) is 5.10 Å². The van der Waals surface area contributed by atoms with Gasteiger partial charge in [-0.2, -0.15) is 13.2 Å². The molecule has 0 bridgehead atoms. The molecule has 148 valence electrons. The van der Waals surface area contributed by atoms with Gasteiger partial charge < -0.3 is 10.4 Å². The molecule has 0 saturated heterocycles. The first-order valence-corrected chi connectivity index (χ1v) is 9.34. The molecule has 1 aromatic carbocycles. The number of aliphatic hydroxyl groups is 1. The summed E-state index contributed by atoms with van der Waals surface area (Å²) < 4.78 is 40.7. The average Bonchev–Trinajstić information content (AvgIpc) is 3.11. The number of hydrogen-bond donors (Lipinski definition) is 2. The van der Waals surface area contributed by atoms with Crippen LogP contribution in [-0.2, 0) is 6.18 Å². The number of halogens is 3. The number of nitrogens with one attached hydrogen (secondary N) is 1. The maximum absolute atomic E-state index is 13.0. The molecule has 5 nitrogen and oxygen atoms in total. The fraction of sp³-hybridized carbons (Fsp3) is 0.400. The topological polar surface area (TPSA) is 62.5 Å². The van der Waals surface area contributed by atoms with Gasteiger partial charge in [0.15, 0.2) is 5.65 Å². The van der Waals surface area contributed by atoms with Gasteiger partial charge in [0.1, 0.15) is 5.82 Å². The lowest BCUT2D eigenvalue weighted by Gasteiger charge is -2.28. The van der Waals surface area contributed by atoms with Crippen LogP contribution in [0.25, 0.3) is 16.9 Å². The van der Waals surface area contributed by atoms with Crippen LogP contribution < -0.4 is 5.32 Å². The van der Waals surface area contributed by atoms with Crippen molar-refractivity contribution in [3.05, 3.63) is 48.2 Å². The van der Waals surface area contributed by atoms with Crippen molar-refractivity contribution in [3.63, 3.8) is 0 Å². The van der Waals surface area contributed by atoms with Crippen LogP contribution in [0.2, 0.25) is 0 Å². The third kappa shape index (κ3) is 3.82. The second-order valence-electron chi connectivity index (χ2n) is 7.26. The van der Waals surface area contributed by atoms with Crippen LogP contribution in [0.1, 0.15) is 31.2 Å². The number of rotatable bonds is 4. The lowest BCUT2D eigenvalue weighted by Crippen LogP contribution is -2.27. The maximum Gasteiger partial charge on any atom is 0.416 e. The highest BCUT2D eigenvalue weighted by atomic mass is 19.4. The van der Waals surface area contributed by atoms with Gasteiger partial charge in [0.05, 0.1) is 17.5 Å². The quantitative estimate of drug-likeness (QED) is 0.694. The average molecular weight is 390 g/mol. The third-order valence-electron chi connectivity index (χ3n) is 5.30. The fourth-order valence-corrected chi connectivity index (χ4v) is 3.70. The van der Waals surface area contributed by atoms with E-state index in [1.54, 1.807) is 16.6 Å². The smallest absolute Gasteiger partial charge is 0.396 e. The molecule has 2 aromatic heterocycles. The molecule has 28 heavy (non-hydrogen) atoms. The van der Waals surface area contributed by atoms with Crippen LogP contribution in [-0.4, -0.2) is 32.4 Å². The molecule has 1 aliphatic rings. The summed E-state index contributed by atoms with van der Waals surface area (Å²) in [5.41, 5.74) is 0.793. The van der Waals surface area contributed by atoms with Gasteiger partial charge in [0.2, 0.25) is 0 Å². The first kappa shape index (κ1) is 18.7. The Bertz CT molecular complexity index is 961. The van der Waals surface area contributed by atoms with Crippen molar-refractivity contribution in [3.8, 4) is 11.3 Å². The highest BCUT2D eigenvalue weighted by Gasteiger charge is 2.30. The molecule has 1 saturated carbocycles. The van der Waals surface area contributed by atoms with Gasteiger partial charge in [0.25, 0.3) is 0 Å². The van der Waals surface area contributed by atoms with E-state index in [0.717, 1.165) is 37.8 Å². The van der Waals surface area contributed by atoms with Gasteiger partial charge in [0, 0.05) is 18.2 Å². The zero-order chi connectivity index (χ0) is 19.7. The number of imidazole rings is 1. The number of anilines is 1. The van der Waals surface area contributed by atoms with E-state index in [1.807, 2.05) is 6.07 Å². The minimum atomic E-state index is -4.40. The molecule has 0 atom stereocenters. The molecular formula is C20H21F3N4O. The maximum atomic E-state index is 13.0. The van der Waals surface area contributed by atoms with Crippen LogP contribution >= 0.6 is 0 Å². The number of hydrogen-bond acceptors (Lipinski definition) is 4. The minimum absolute atomic E-state index is 0.228. The van der Waals surface area contributed by atoms with E-state index in [1.165, 1.54) is 12.3 Å². The van der Waals surface area contributed by atoms with Crippen molar-refractivity contribution >= 4 is 11.5 Å². The molecule has 0 unspecified atom stereocenters. The monoisotopic (exact) mass is 390 g/mol. The van der Waals surface area contributed by atoms with Crippen LogP contribution in [0, 0.1) is 5.92 Å². The zero-order valence-corrected chi connectivity index (χ0v) is 15.2. The highest BCUT2D eigenvalue weighted by molar-refractivity contribution is 5.64. The van der Waals surface area contributed by atoms with Gasteiger partial charge in [-0.3, -0.25) is 0 Å². The molecule has 0 radical (unpaired) electrons. The summed E-state index contributed by atoms with van der Waals surface area (Å²) in [5, 5.41) is 17.2. The van der Waals surface area contributed by atoms with Gasteiger partial charge >= 0.3 is 6.18 Å². The molecule has 1 aliphatic carbocycles. The van der Waals surface area contributed by atoms with Gasteiger partial charge in [-0.1, -0.05) is 12.1 Å². The van der Waals surface area contributed by atoms with Crippen LogP contribution in [0.5, 0.6) is 0 Å². The Labute approximate surface area is 160 Å². The molecule has 0 spiro atoms. The van der Waals surface area contributed by atoms with Crippen molar-refractivity contribution in [2.45, 2.75) is 37.9 Å². The van der Waals surface area contributed by atoms with E-state index in [0.29, 0.717) is 28.6 Å². The summed E-state index contributed by atoms with van der Waals surface area (Å²) in [4.78, 5) is 4.26. The third-order valence-corrected chi connectivity index (χ3v) is 5.30. The number of fused-ring (bicyclic) bond motifs is 1. The van der Waals surface area contributed by atoms with E-state index in [-0.39, 0.29) is 12.6 Å². The van der Waals surface area contributed by atoms with Gasteiger partial charge in [-0.05, 0) is 55.9 Å². The number of benzene rings is 1. The van der Waals surface area contributed by atoms with E-state index in [9.17, 15) is 18.3 Å². The fourth-order valence-electron chi connectivity index (χ4n) is 3.70. The van der Waals surface area contributed by atoms with Gasteiger partial charge in [-0.25, -0.2) is 9.50 Å². The second kappa shape index (κ2) is 7.43. The molecule has 4 rings (SSSR count). The number of aromatic nitrogens is 3. The summed E-state index contributed by atoms with van der Waals surface area (Å²) in [6.45, 7) is 0.228. The summed E-state index contributed by atoms with van der Waals surface area (Å²) in [6.07, 6.45) is 0.983. The van der Waals surface area contributed by atoms with E-state index >= 15 is 0 Å². The first-order chi connectivity index (χ1) is 13.4. The minimum Gasteiger partial charge on any atom is -0.396 e. The lowest BCUT2D eigenvalue weighted by molar-refractivity contribution is -0.137.